The van der Waals surface area contributed by atoms with Crippen molar-refractivity contribution in [1.29, 1.82) is 0 Å². The van der Waals surface area contributed by atoms with Gasteiger partial charge in [-0.2, -0.15) is 0 Å². The third kappa shape index (κ3) is 11.0. The first kappa shape index (κ1) is 20.4. The number of epoxide rings is 1. The second kappa shape index (κ2) is 13.8. The van der Waals surface area contributed by atoms with Crippen LogP contribution in [0.25, 0.3) is 0 Å². The Morgan fingerprint density at radius 1 is 1.04 bits per heavy atom. The first-order chi connectivity index (χ1) is 11.8. The summed E-state index contributed by atoms with van der Waals surface area (Å²) in [6.45, 7) is 2.23. The molecule has 0 aromatic heterocycles. The fourth-order valence-electron chi connectivity index (χ4n) is 2.37. The number of methoxy groups -OCH3 is 1. The largest absolute Gasteiger partial charge is 0.469 e. The Morgan fingerprint density at radius 2 is 1.88 bits per heavy atom. The van der Waals surface area contributed by atoms with Gasteiger partial charge in [0.2, 0.25) is 0 Å². The van der Waals surface area contributed by atoms with Crippen LogP contribution in [0.15, 0.2) is 48.6 Å². The number of esters is 1. The van der Waals surface area contributed by atoms with Gasteiger partial charge in [0.15, 0.2) is 0 Å². The van der Waals surface area contributed by atoms with Crippen LogP contribution in [0.1, 0.15) is 58.3 Å². The highest BCUT2D eigenvalue weighted by Gasteiger charge is 2.35. The molecule has 0 spiro atoms. The Labute approximate surface area is 147 Å². The fourth-order valence-corrected chi connectivity index (χ4v) is 2.37. The van der Waals surface area contributed by atoms with Gasteiger partial charge in [-0.05, 0) is 32.1 Å². The lowest BCUT2D eigenvalue weighted by Crippen LogP contribution is -2.01. The highest BCUT2D eigenvalue weighted by Crippen LogP contribution is 2.28. The average Bonchev–Trinajstić information content (AvgIpc) is 3.34. The topological polar surface area (TPSA) is 38.8 Å². The van der Waals surface area contributed by atoms with E-state index in [4.69, 9.17) is 4.74 Å². The molecule has 1 heterocycles. The van der Waals surface area contributed by atoms with Crippen LogP contribution < -0.4 is 0 Å². The number of unbranched alkanes of at least 4 members (excludes halogenated alkanes) is 3. The van der Waals surface area contributed by atoms with Gasteiger partial charge >= 0.3 is 5.97 Å². The number of carbonyl (C=O) groups is 1. The number of hydrogen-bond donors (Lipinski definition) is 0. The molecule has 3 heteroatoms. The third-order valence-corrected chi connectivity index (χ3v) is 3.90. The molecule has 3 nitrogen and oxygen atoms in total. The molecular weight excluding hydrogens is 300 g/mol. The van der Waals surface area contributed by atoms with Crippen molar-refractivity contribution in [2.24, 2.45) is 0 Å². The van der Waals surface area contributed by atoms with E-state index in [0.29, 0.717) is 6.42 Å². The van der Waals surface area contributed by atoms with Crippen molar-refractivity contribution in [2.45, 2.75) is 70.5 Å². The molecule has 1 saturated heterocycles. The summed E-state index contributed by atoms with van der Waals surface area (Å²) in [5.41, 5.74) is 0. The number of allylic oxidation sites excluding steroid dienone is 7. The third-order valence-electron chi connectivity index (χ3n) is 3.90. The first-order valence-corrected chi connectivity index (χ1v) is 9.15. The smallest absolute Gasteiger partial charge is 0.305 e. The minimum Gasteiger partial charge on any atom is -0.469 e. The van der Waals surface area contributed by atoms with E-state index in [1.165, 1.54) is 32.8 Å². The van der Waals surface area contributed by atoms with Crippen LogP contribution in [0.3, 0.4) is 0 Å². The van der Waals surface area contributed by atoms with Gasteiger partial charge in [0.25, 0.3) is 0 Å². The van der Waals surface area contributed by atoms with Crippen molar-refractivity contribution in [3.8, 4) is 0 Å². The van der Waals surface area contributed by atoms with Crippen molar-refractivity contribution >= 4 is 5.97 Å². The molecule has 0 radical (unpaired) electrons. The van der Waals surface area contributed by atoms with Gasteiger partial charge in [-0.25, -0.2) is 0 Å². The lowest BCUT2D eigenvalue weighted by atomic mass is 10.1. The molecule has 24 heavy (non-hydrogen) atoms. The van der Waals surface area contributed by atoms with Gasteiger partial charge < -0.3 is 9.47 Å². The average molecular weight is 332 g/mol. The van der Waals surface area contributed by atoms with Gasteiger partial charge in [0.1, 0.15) is 6.10 Å². The summed E-state index contributed by atoms with van der Waals surface area (Å²) in [5.74, 6) is -0.145. The van der Waals surface area contributed by atoms with E-state index in [9.17, 15) is 4.79 Å². The highest BCUT2D eigenvalue weighted by atomic mass is 16.6. The van der Waals surface area contributed by atoms with E-state index < -0.39 is 0 Å². The maximum atomic E-state index is 11.0. The van der Waals surface area contributed by atoms with Crippen molar-refractivity contribution in [3.63, 3.8) is 0 Å². The van der Waals surface area contributed by atoms with Crippen molar-refractivity contribution < 1.29 is 14.3 Å². The Morgan fingerprint density at radius 3 is 2.67 bits per heavy atom. The lowest BCUT2D eigenvalue weighted by Gasteiger charge is -1.96. The van der Waals surface area contributed by atoms with Crippen LogP contribution >= 0.6 is 0 Å². The summed E-state index contributed by atoms with van der Waals surface area (Å²) in [6.07, 6.45) is 25.7. The van der Waals surface area contributed by atoms with Crippen molar-refractivity contribution in [1.82, 2.24) is 0 Å². The predicted octanol–water partition coefficient (Wildman–Crippen LogP) is 5.29. The second-order valence-corrected chi connectivity index (χ2v) is 6.01. The molecule has 134 valence electrons. The molecule has 0 unspecified atom stereocenters. The molecule has 0 aromatic rings. The molecule has 0 aromatic carbocycles. The van der Waals surface area contributed by atoms with E-state index >= 15 is 0 Å². The molecule has 1 rings (SSSR count). The van der Waals surface area contributed by atoms with E-state index in [2.05, 4.69) is 42.0 Å². The molecule has 0 amide bonds. The molecule has 2 atom stereocenters. The maximum absolute atomic E-state index is 11.0. The Kier molecular flexibility index (Phi) is 11.7. The van der Waals surface area contributed by atoms with Crippen LogP contribution in [-0.2, 0) is 14.3 Å². The zero-order valence-corrected chi connectivity index (χ0v) is 15.2. The van der Waals surface area contributed by atoms with Crippen LogP contribution in [0.5, 0.6) is 0 Å². The van der Waals surface area contributed by atoms with Gasteiger partial charge in [0.05, 0.1) is 13.2 Å². The van der Waals surface area contributed by atoms with Gasteiger partial charge in [0, 0.05) is 6.42 Å². The minimum atomic E-state index is -0.145. The van der Waals surface area contributed by atoms with Crippen molar-refractivity contribution in [2.75, 3.05) is 7.11 Å². The van der Waals surface area contributed by atoms with Gasteiger partial charge in [-0.1, -0.05) is 68.4 Å². The quantitative estimate of drug-likeness (QED) is 0.151. The van der Waals surface area contributed by atoms with E-state index in [1.807, 2.05) is 18.2 Å². The van der Waals surface area contributed by atoms with E-state index in [0.717, 1.165) is 19.3 Å². The molecule has 1 aliphatic heterocycles. The molecule has 1 aliphatic rings. The van der Waals surface area contributed by atoms with E-state index in [-0.39, 0.29) is 18.2 Å². The minimum absolute atomic E-state index is 0.145. The second-order valence-electron chi connectivity index (χ2n) is 6.01. The fraction of sp³-hybridized carbons (Fsp3) is 0.571. The number of carbonyl (C=O) groups excluding carboxylic acids is 1. The van der Waals surface area contributed by atoms with Crippen LogP contribution in [0, 0.1) is 0 Å². The Hall–Kier alpha value is -1.61. The predicted molar refractivity (Wildman–Crippen MR) is 99.8 cm³/mol. The Balaban J connectivity index is 2.00. The molecule has 0 aliphatic carbocycles. The Bertz CT molecular complexity index is 446. The molecule has 0 saturated carbocycles. The molecular formula is C21H32O3. The first-order valence-electron chi connectivity index (χ1n) is 9.15. The van der Waals surface area contributed by atoms with Gasteiger partial charge in [-0.3, -0.25) is 4.79 Å². The molecule has 0 bridgehead atoms. The summed E-state index contributed by atoms with van der Waals surface area (Å²) in [5, 5.41) is 0. The van der Waals surface area contributed by atoms with Crippen LogP contribution in [0.4, 0.5) is 0 Å². The normalized spacial score (nSPS) is 20.8. The zero-order chi connectivity index (χ0) is 17.5. The van der Waals surface area contributed by atoms with Crippen LogP contribution in [-0.4, -0.2) is 25.3 Å². The van der Waals surface area contributed by atoms with Crippen LogP contribution in [0.2, 0.25) is 0 Å². The molecule has 0 N–H and O–H groups in total. The summed E-state index contributed by atoms with van der Waals surface area (Å²) < 4.78 is 10.1. The number of hydrogen-bond acceptors (Lipinski definition) is 3. The zero-order valence-electron chi connectivity index (χ0n) is 15.2. The summed E-state index contributed by atoms with van der Waals surface area (Å²) in [6, 6.07) is 0. The standard InChI is InChI=1S/C21H32O3/c1-3-4-5-6-7-8-9-10-11-12-13-14-16-19-20(24-19)17-15-18-21(22)23-2/h7-8,10-14,16,19-20H,3-6,9,15,17-18H2,1-2H3/b8-7+,11-10+,13-12+,16-14-/t19-,20-/m0/s1. The number of ether oxygens (including phenoxy) is 2. The van der Waals surface area contributed by atoms with Gasteiger partial charge in [-0.15, -0.1) is 0 Å². The summed E-state index contributed by atoms with van der Waals surface area (Å²) >= 11 is 0. The highest BCUT2D eigenvalue weighted by molar-refractivity contribution is 5.68. The monoisotopic (exact) mass is 332 g/mol. The SMILES string of the molecule is CCCCC/C=C/C/C=C/C=C/C=C\[C@@H]1O[C@H]1CCCC(=O)OC. The maximum Gasteiger partial charge on any atom is 0.305 e. The number of rotatable bonds is 13. The lowest BCUT2D eigenvalue weighted by molar-refractivity contribution is -0.140. The van der Waals surface area contributed by atoms with Crippen molar-refractivity contribution in [3.05, 3.63) is 48.6 Å². The molecule has 1 fully saturated rings. The summed E-state index contributed by atoms with van der Waals surface area (Å²) in [7, 11) is 1.42. The van der Waals surface area contributed by atoms with E-state index in [1.54, 1.807) is 0 Å². The summed E-state index contributed by atoms with van der Waals surface area (Å²) in [4.78, 5) is 11.0.